The smallest absolute Gasteiger partial charge is 0.324 e. The van der Waals surface area contributed by atoms with Gasteiger partial charge in [-0.25, -0.2) is 9.97 Å². The van der Waals surface area contributed by atoms with Crippen molar-refractivity contribution in [2.45, 2.75) is 0 Å². The minimum atomic E-state index is 0.200. The fraction of sp³-hybridized carbons (Fsp3) is 0.0556. The third kappa shape index (κ3) is 2.53. The Hall–Kier alpha value is -4.01. The molecule has 0 aliphatic heterocycles. The lowest BCUT2D eigenvalue weighted by molar-refractivity contribution is 0.440. The standard InChI is InChI=1S/C18H14N8O/c1-19-13-4-2-3-12-14-15(10-5-22-23-6-10)25-18(26-17(14)24-16(12)13)27-11-7-20-9-21-8-11/h2-9,19H,1H3,(H,22,23)(H,24,25,26). The van der Waals surface area contributed by atoms with Gasteiger partial charge in [0, 0.05) is 24.2 Å². The number of para-hydroxylation sites is 1. The number of anilines is 1. The SMILES string of the molecule is CNc1cccc2c1[nH]c1nc(Oc3cncnc3)nc(-c3cn[nH]c3)c12. The largest absolute Gasteiger partial charge is 0.421 e. The summed E-state index contributed by atoms with van der Waals surface area (Å²) >= 11 is 0. The Labute approximate surface area is 152 Å². The number of hydrogen-bond acceptors (Lipinski definition) is 7. The zero-order chi connectivity index (χ0) is 18.2. The van der Waals surface area contributed by atoms with Gasteiger partial charge in [-0.2, -0.15) is 15.1 Å². The number of ether oxygens (including phenoxy) is 1. The molecule has 0 aliphatic carbocycles. The van der Waals surface area contributed by atoms with E-state index in [2.05, 4.69) is 40.4 Å². The average molecular weight is 358 g/mol. The van der Waals surface area contributed by atoms with E-state index in [0.29, 0.717) is 11.4 Å². The van der Waals surface area contributed by atoms with E-state index < -0.39 is 0 Å². The van der Waals surface area contributed by atoms with Crippen molar-refractivity contribution in [3.8, 4) is 23.0 Å². The van der Waals surface area contributed by atoms with Gasteiger partial charge in [0.05, 0.1) is 40.9 Å². The lowest BCUT2D eigenvalue weighted by atomic mass is 10.1. The van der Waals surface area contributed by atoms with E-state index in [4.69, 9.17) is 4.74 Å². The highest BCUT2D eigenvalue weighted by atomic mass is 16.5. The highest BCUT2D eigenvalue weighted by Gasteiger charge is 2.18. The summed E-state index contributed by atoms with van der Waals surface area (Å²) in [6.07, 6.45) is 8.06. The van der Waals surface area contributed by atoms with Crippen LogP contribution in [0.2, 0.25) is 0 Å². The quantitative estimate of drug-likeness (QED) is 0.452. The van der Waals surface area contributed by atoms with Gasteiger partial charge < -0.3 is 15.0 Å². The molecule has 4 aromatic heterocycles. The van der Waals surface area contributed by atoms with Crippen LogP contribution < -0.4 is 10.1 Å². The van der Waals surface area contributed by atoms with Gasteiger partial charge in [-0.05, 0) is 6.07 Å². The first-order chi connectivity index (χ1) is 13.3. The summed E-state index contributed by atoms with van der Waals surface area (Å²) in [4.78, 5) is 20.4. The van der Waals surface area contributed by atoms with E-state index in [0.717, 1.165) is 33.2 Å². The number of benzene rings is 1. The lowest BCUT2D eigenvalue weighted by Gasteiger charge is -2.06. The molecule has 9 heteroatoms. The van der Waals surface area contributed by atoms with Crippen molar-refractivity contribution in [2.75, 3.05) is 12.4 Å². The van der Waals surface area contributed by atoms with Gasteiger partial charge in [0.1, 0.15) is 12.0 Å². The normalized spacial score (nSPS) is 11.1. The highest BCUT2D eigenvalue weighted by molar-refractivity contribution is 6.15. The Morgan fingerprint density at radius 1 is 1.07 bits per heavy atom. The summed E-state index contributed by atoms with van der Waals surface area (Å²) in [5.74, 6) is 0.460. The number of nitrogens with zero attached hydrogens (tertiary/aromatic N) is 5. The Balaban J connectivity index is 1.78. The molecule has 0 fully saturated rings. The molecule has 27 heavy (non-hydrogen) atoms. The molecule has 9 nitrogen and oxygen atoms in total. The van der Waals surface area contributed by atoms with Gasteiger partial charge in [-0.15, -0.1) is 0 Å². The Kier molecular flexibility index (Phi) is 3.42. The Bertz CT molecular complexity index is 1230. The monoisotopic (exact) mass is 358 g/mol. The van der Waals surface area contributed by atoms with Gasteiger partial charge in [-0.3, -0.25) is 5.10 Å². The lowest BCUT2D eigenvalue weighted by Crippen LogP contribution is -1.96. The van der Waals surface area contributed by atoms with Crippen LogP contribution in [0.1, 0.15) is 0 Å². The minimum Gasteiger partial charge on any atom is -0.421 e. The minimum absolute atomic E-state index is 0.200. The van der Waals surface area contributed by atoms with Crippen LogP contribution in [0, 0.1) is 0 Å². The van der Waals surface area contributed by atoms with Crippen LogP contribution in [0.4, 0.5) is 5.69 Å². The van der Waals surface area contributed by atoms with Gasteiger partial charge in [0.2, 0.25) is 0 Å². The second-order valence-corrected chi connectivity index (χ2v) is 5.84. The molecular weight excluding hydrogens is 344 g/mol. The van der Waals surface area contributed by atoms with Gasteiger partial charge >= 0.3 is 6.01 Å². The third-order valence-electron chi connectivity index (χ3n) is 4.25. The summed E-state index contributed by atoms with van der Waals surface area (Å²) in [7, 11) is 1.88. The maximum Gasteiger partial charge on any atom is 0.324 e. The second-order valence-electron chi connectivity index (χ2n) is 5.84. The molecule has 3 N–H and O–H groups in total. The molecule has 0 saturated heterocycles. The first-order valence-electron chi connectivity index (χ1n) is 8.25. The van der Waals surface area contributed by atoms with Crippen molar-refractivity contribution in [3.63, 3.8) is 0 Å². The molecule has 4 heterocycles. The van der Waals surface area contributed by atoms with E-state index in [-0.39, 0.29) is 6.01 Å². The van der Waals surface area contributed by atoms with Crippen LogP contribution >= 0.6 is 0 Å². The van der Waals surface area contributed by atoms with Gasteiger partial charge in [0.25, 0.3) is 0 Å². The molecule has 5 rings (SSSR count). The summed E-state index contributed by atoms with van der Waals surface area (Å²) < 4.78 is 5.76. The van der Waals surface area contributed by atoms with Crippen LogP contribution in [0.3, 0.4) is 0 Å². The first kappa shape index (κ1) is 15.3. The summed E-state index contributed by atoms with van der Waals surface area (Å²) in [5, 5.41) is 12.0. The topological polar surface area (TPSA) is 117 Å². The Morgan fingerprint density at radius 3 is 2.74 bits per heavy atom. The number of aromatic amines is 2. The fourth-order valence-corrected chi connectivity index (χ4v) is 3.09. The summed E-state index contributed by atoms with van der Waals surface area (Å²) in [6.45, 7) is 0. The molecule has 0 unspecified atom stereocenters. The number of hydrogen-bond donors (Lipinski definition) is 3. The van der Waals surface area contributed by atoms with Crippen molar-refractivity contribution >= 4 is 27.6 Å². The van der Waals surface area contributed by atoms with Gasteiger partial charge in [-0.1, -0.05) is 12.1 Å². The predicted octanol–water partition coefficient (Wildman–Crippen LogP) is 3.13. The molecule has 5 aromatic rings. The average Bonchev–Trinajstić information content (AvgIpc) is 3.36. The number of fused-ring (bicyclic) bond motifs is 3. The van der Waals surface area contributed by atoms with Crippen molar-refractivity contribution in [2.24, 2.45) is 0 Å². The maximum absolute atomic E-state index is 5.76. The molecule has 132 valence electrons. The summed E-state index contributed by atoms with van der Waals surface area (Å²) in [6, 6.07) is 6.23. The van der Waals surface area contributed by atoms with Crippen LogP contribution in [0.5, 0.6) is 11.8 Å². The van der Waals surface area contributed by atoms with Crippen molar-refractivity contribution in [1.29, 1.82) is 0 Å². The molecule has 1 aromatic carbocycles. The molecule has 0 spiro atoms. The summed E-state index contributed by atoms with van der Waals surface area (Å²) in [5.41, 5.74) is 4.16. The number of nitrogens with one attached hydrogen (secondary N) is 3. The zero-order valence-corrected chi connectivity index (χ0v) is 14.3. The van der Waals surface area contributed by atoms with Crippen molar-refractivity contribution in [1.82, 2.24) is 35.1 Å². The molecule has 0 radical (unpaired) electrons. The van der Waals surface area contributed by atoms with E-state index in [1.807, 2.05) is 25.2 Å². The van der Waals surface area contributed by atoms with Crippen LogP contribution in [-0.4, -0.2) is 42.2 Å². The van der Waals surface area contributed by atoms with Crippen LogP contribution in [-0.2, 0) is 0 Å². The number of rotatable bonds is 4. The van der Waals surface area contributed by atoms with Crippen molar-refractivity contribution < 1.29 is 4.74 Å². The molecule has 0 amide bonds. The molecule has 0 atom stereocenters. The first-order valence-corrected chi connectivity index (χ1v) is 8.25. The fourth-order valence-electron chi connectivity index (χ4n) is 3.09. The van der Waals surface area contributed by atoms with E-state index in [1.165, 1.54) is 6.33 Å². The van der Waals surface area contributed by atoms with E-state index >= 15 is 0 Å². The zero-order valence-electron chi connectivity index (χ0n) is 14.3. The third-order valence-corrected chi connectivity index (χ3v) is 4.25. The predicted molar refractivity (Wildman–Crippen MR) is 101 cm³/mol. The van der Waals surface area contributed by atoms with Gasteiger partial charge in [0.15, 0.2) is 5.75 Å². The van der Waals surface area contributed by atoms with Crippen molar-refractivity contribution in [3.05, 3.63) is 49.3 Å². The number of aromatic nitrogens is 7. The maximum atomic E-state index is 5.76. The number of H-pyrrole nitrogens is 2. The van der Waals surface area contributed by atoms with Crippen LogP contribution in [0.15, 0.2) is 49.3 Å². The Morgan fingerprint density at radius 2 is 1.96 bits per heavy atom. The van der Waals surface area contributed by atoms with E-state index in [1.54, 1.807) is 24.8 Å². The second kappa shape index (κ2) is 6.06. The van der Waals surface area contributed by atoms with Crippen LogP contribution in [0.25, 0.3) is 33.2 Å². The molecule has 0 bridgehead atoms. The van der Waals surface area contributed by atoms with E-state index in [9.17, 15) is 0 Å². The molecule has 0 saturated carbocycles. The highest BCUT2D eigenvalue weighted by Crippen LogP contribution is 2.36. The molecular formula is C18H14N8O. The molecule has 0 aliphatic rings.